The summed E-state index contributed by atoms with van der Waals surface area (Å²) in [4.78, 5) is 11.8. The molecule has 0 aliphatic heterocycles. The van der Waals surface area contributed by atoms with E-state index in [4.69, 9.17) is 4.74 Å². The van der Waals surface area contributed by atoms with Crippen molar-refractivity contribution in [3.63, 3.8) is 0 Å². The molecule has 1 N–H and O–H groups in total. The maximum absolute atomic E-state index is 13.2. The summed E-state index contributed by atoms with van der Waals surface area (Å²) in [6.07, 6.45) is 1.80. The fourth-order valence-electron chi connectivity index (χ4n) is 1.66. The standard InChI is InChI=1S/C14H20FNO4S2/c1-10(2)20-14(17)13(7-8-21-3)16-22(18,19)12-6-4-5-11(15)9-12/h4-6,9-10,13,16H,7-8H2,1-3H3. The van der Waals surface area contributed by atoms with Gasteiger partial charge in [0.15, 0.2) is 0 Å². The summed E-state index contributed by atoms with van der Waals surface area (Å²) in [7, 11) is -3.99. The van der Waals surface area contributed by atoms with E-state index in [1.807, 2.05) is 6.26 Å². The third kappa shape index (κ3) is 5.94. The van der Waals surface area contributed by atoms with Crippen molar-refractivity contribution in [1.29, 1.82) is 0 Å². The van der Waals surface area contributed by atoms with Crippen LogP contribution in [0.5, 0.6) is 0 Å². The SMILES string of the molecule is CSCCC(NS(=O)(=O)c1cccc(F)c1)C(=O)OC(C)C. The number of hydrogen-bond acceptors (Lipinski definition) is 5. The summed E-state index contributed by atoms with van der Waals surface area (Å²) in [6, 6.07) is 3.62. The van der Waals surface area contributed by atoms with E-state index in [0.29, 0.717) is 12.2 Å². The summed E-state index contributed by atoms with van der Waals surface area (Å²) in [6.45, 7) is 3.37. The number of sulfonamides is 1. The maximum atomic E-state index is 13.2. The highest BCUT2D eigenvalue weighted by Crippen LogP contribution is 2.13. The van der Waals surface area contributed by atoms with Gasteiger partial charge in [-0.15, -0.1) is 0 Å². The van der Waals surface area contributed by atoms with Crippen LogP contribution in [0.1, 0.15) is 20.3 Å². The van der Waals surface area contributed by atoms with Gasteiger partial charge in [0.1, 0.15) is 11.9 Å². The van der Waals surface area contributed by atoms with Crippen LogP contribution in [0.3, 0.4) is 0 Å². The molecule has 0 aliphatic rings. The summed E-state index contributed by atoms with van der Waals surface area (Å²) < 4.78 is 45.1. The Morgan fingerprint density at radius 1 is 1.41 bits per heavy atom. The van der Waals surface area contributed by atoms with E-state index < -0.39 is 27.9 Å². The van der Waals surface area contributed by atoms with Crippen molar-refractivity contribution in [3.8, 4) is 0 Å². The van der Waals surface area contributed by atoms with Crippen LogP contribution in [-0.2, 0) is 19.6 Å². The summed E-state index contributed by atoms with van der Waals surface area (Å²) in [5.74, 6) is -0.707. The Morgan fingerprint density at radius 3 is 2.64 bits per heavy atom. The van der Waals surface area contributed by atoms with Gasteiger partial charge < -0.3 is 4.74 Å². The first-order valence-corrected chi connectivity index (χ1v) is 9.61. The van der Waals surface area contributed by atoms with Gasteiger partial charge in [-0.05, 0) is 50.5 Å². The summed E-state index contributed by atoms with van der Waals surface area (Å²) in [5, 5.41) is 0. The summed E-state index contributed by atoms with van der Waals surface area (Å²) in [5.41, 5.74) is 0. The maximum Gasteiger partial charge on any atom is 0.324 e. The van der Waals surface area contributed by atoms with Gasteiger partial charge in [0.05, 0.1) is 11.0 Å². The highest BCUT2D eigenvalue weighted by Gasteiger charge is 2.27. The molecule has 8 heteroatoms. The van der Waals surface area contributed by atoms with E-state index in [0.717, 1.165) is 12.1 Å². The Hall–Kier alpha value is -1.12. The molecule has 22 heavy (non-hydrogen) atoms. The third-order valence-electron chi connectivity index (χ3n) is 2.65. The predicted octanol–water partition coefficient (Wildman–Crippen LogP) is 2.18. The Morgan fingerprint density at radius 2 is 2.09 bits per heavy atom. The lowest BCUT2D eigenvalue weighted by molar-refractivity contribution is -0.149. The van der Waals surface area contributed by atoms with Crippen molar-refractivity contribution in [2.45, 2.75) is 37.3 Å². The second kappa shape index (κ2) is 8.50. The smallest absolute Gasteiger partial charge is 0.324 e. The number of esters is 1. The van der Waals surface area contributed by atoms with E-state index in [1.54, 1.807) is 13.8 Å². The fraction of sp³-hybridized carbons (Fsp3) is 0.500. The first-order valence-electron chi connectivity index (χ1n) is 6.73. The molecule has 0 heterocycles. The molecule has 0 amide bonds. The molecule has 0 saturated heterocycles. The van der Waals surface area contributed by atoms with Crippen molar-refractivity contribution in [3.05, 3.63) is 30.1 Å². The van der Waals surface area contributed by atoms with Crippen LogP contribution in [0.15, 0.2) is 29.2 Å². The first kappa shape index (κ1) is 18.9. The van der Waals surface area contributed by atoms with Gasteiger partial charge in [-0.3, -0.25) is 4.79 Å². The van der Waals surface area contributed by atoms with Crippen LogP contribution >= 0.6 is 11.8 Å². The minimum absolute atomic E-state index is 0.223. The topological polar surface area (TPSA) is 72.5 Å². The molecule has 0 aromatic heterocycles. The van der Waals surface area contributed by atoms with E-state index in [-0.39, 0.29) is 11.0 Å². The van der Waals surface area contributed by atoms with Crippen molar-refractivity contribution in [2.75, 3.05) is 12.0 Å². The lowest BCUT2D eigenvalue weighted by Crippen LogP contribution is -2.42. The highest BCUT2D eigenvalue weighted by molar-refractivity contribution is 7.98. The zero-order chi connectivity index (χ0) is 16.8. The van der Waals surface area contributed by atoms with Gasteiger partial charge in [0.25, 0.3) is 0 Å². The number of hydrogen-bond donors (Lipinski definition) is 1. The zero-order valence-electron chi connectivity index (χ0n) is 12.7. The molecule has 1 rings (SSSR count). The molecule has 0 spiro atoms. The van der Waals surface area contributed by atoms with Gasteiger partial charge >= 0.3 is 5.97 Å². The second-order valence-corrected chi connectivity index (χ2v) is 7.60. The lowest BCUT2D eigenvalue weighted by atomic mass is 10.2. The normalized spacial score (nSPS) is 13.1. The number of ether oxygens (including phenoxy) is 1. The van der Waals surface area contributed by atoms with Gasteiger partial charge in [0.2, 0.25) is 10.0 Å². The van der Waals surface area contributed by atoms with Gasteiger partial charge in [-0.1, -0.05) is 6.07 Å². The molecule has 1 unspecified atom stereocenters. The van der Waals surface area contributed by atoms with Crippen LogP contribution < -0.4 is 4.72 Å². The molecule has 0 saturated carbocycles. The lowest BCUT2D eigenvalue weighted by Gasteiger charge is -2.19. The number of carbonyl (C=O) groups excluding carboxylic acids is 1. The van der Waals surface area contributed by atoms with Crippen LogP contribution in [0.4, 0.5) is 4.39 Å². The molecule has 5 nitrogen and oxygen atoms in total. The largest absolute Gasteiger partial charge is 0.462 e. The van der Waals surface area contributed by atoms with Crippen molar-refractivity contribution in [1.82, 2.24) is 4.72 Å². The third-order valence-corrected chi connectivity index (χ3v) is 4.76. The van der Waals surface area contributed by atoms with Crippen LogP contribution in [-0.4, -0.2) is 38.5 Å². The summed E-state index contributed by atoms with van der Waals surface area (Å²) >= 11 is 1.49. The number of thioether (sulfide) groups is 1. The van der Waals surface area contributed by atoms with Crippen LogP contribution in [0, 0.1) is 5.82 Å². The Labute approximate surface area is 134 Å². The molecule has 0 aliphatic carbocycles. The monoisotopic (exact) mass is 349 g/mol. The van der Waals surface area contributed by atoms with E-state index in [2.05, 4.69) is 4.72 Å². The molecule has 0 fully saturated rings. The number of carbonyl (C=O) groups is 1. The quantitative estimate of drug-likeness (QED) is 0.728. The molecular weight excluding hydrogens is 329 g/mol. The molecule has 1 atom stereocenters. The first-order chi connectivity index (χ1) is 10.3. The number of halogens is 1. The van der Waals surface area contributed by atoms with Gasteiger partial charge in [0, 0.05) is 0 Å². The molecule has 1 aromatic carbocycles. The number of nitrogens with one attached hydrogen (secondary N) is 1. The van der Waals surface area contributed by atoms with Gasteiger partial charge in [-0.25, -0.2) is 12.8 Å². The van der Waals surface area contributed by atoms with Crippen molar-refractivity contribution < 1.29 is 22.3 Å². The molecule has 124 valence electrons. The van der Waals surface area contributed by atoms with E-state index >= 15 is 0 Å². The second-order valence-electron chi connectivity index (χ2n) is 4.90. The van der Waals surface area contributed by atoms with Crippen molar-refractivity contribution >= 4 is 27.8 Å². The van der Waals surface area contributed by atoms with E-state index in [1.165, 1.54) is 23.9 Å². The number of benzene rings is 1. The van der Waals surface area contributed by atoms with Crippen molar-refractivity contribution in [2.24, 2.45) is 0 Å². The number of rotatable bonds is 8. The Balaban J connectivity index is 2.94. The van der Waals surface area contributed by atoms with Crippen LogP contribution in [0.25, 0.3) is 0 Å². The molecule has 0 radical (unpaired) electrons. The van der Waals surface area contributed by atoms with E-state index in [9.17, 15) is 17.6 Å². The molecule has 0 bridgehead atoms. The average molecular weight is 349 g/mol. The minimum Gasteiger partial charge on any atom is -0.462 e. The predicted molar refractivity (Wildman–Crippen MR) is 84.7 cm³/mol. The highest BCUT2D eigenvalue weighted by atomic mass is 32.2. The van der Waals surface area contributed by atoms with Crippen LogP contribution in [0.2, 0.25) is 0 Å². The zero-order valence-corrected chi connectivity index (χ0v) is 14.3. The minimum atomic E-state index is -3.99. The molecule has 1 aromatic rings. The average Bonchev–Trinajstić information content (AvgIpc) is 2.42. The fourth-order valence-corrected chi connectivity index (χ4v) is 3.39. The molecular formula is C14H20FNO4S2. The van der Waals surface area contributed by atoms with Gasteiger partial charge in [-0.2, -0.15) is 16.5 Å². The Kier molecular flexibility index (Phi) is 7.31. The Bertz CT molecular complexity index is 605.